The van der Waals surface area contributed by atoms with Gasteiger partial charge in [0.2, 0.25) is 0 Å². The van der Waals surface area contributed by atoms with Gasteiger partial charge in [-0.2, -0.15) is 5.10 Å². The number of benzene rings is 5. The largest absolute Gasteiger partial charge is 0.497 e. The van der Waals surface area contributed by atoms with Gasteiger partial charge in [0.25, 0.3) is 0 Å². The standard InChI is InChI=1S/C13H15NO.C11H15N5.2C9H13NO.C8H11N/c14-8-3-9-15-13-7-6-11-4-1-2-5-12(11)10-13;12-5-1-2-7-16-9-14-11(15-16)10-4-3-6-13-8-10;1-11-9-4-2-3-8(7-9)5-6-10;10-7-4-8-11-9-5-2-1-3-6-9;9-7-6-8-4-2-1-3-5-8/h1-2,4-7,10H,3,8-9,14H2;3-4,6,8-9H,1-2,5,7,12H2;2-4,7H,5-6,10H2,1H3;1-3,5-6H,4,7-8,10H2;1-5H,6-7,9H2. The van der Waals surface area contributed by atoms with Crippen LogP contribution in [0.15, 0.2) is 158 Å². The minimum absolute atomic E-state index is 0.674. The number of hydrogen-bond donors (Lipinski definition) is 5. The molecule has 0 spiro atoms. The van der Waals surface area contributed by atoms with Gasteiger partial charge in [-0.25, -0.2) is 4.98 Å². The molecule has 7 aromatic rings. The number of methoxy groups -OCH3 is 1. The van der Waals surface area contributed by atoms with Gasteiger partial charge in [0, 0.05) is 24.5 Å². The fourth-order valence-corrected chi connectivity index (χ4v) is 5.57. The highest BCUT2D eigenvalue weighted by Gasteiger charge is 2.03. The van der Waals surface area contributed by atoms with Crippen LogP contribution in [0, 0.1) is 0 Å². The molecule has 62 heavy (non-hydrogen) atoms. The first-order chi connectivity index (χ1) is 30.5. The van der Waals surface area contributed by atoms with Crippen LogP contribution in [0.4, 0.5) is 0 Å². The van der Waals surface area contributed by atoms with Gasteiger partial charge in [0.1, 0.15) is 23.6 Å². The first-order valence-corrected chi connectivity index (χ1v) is 21.3. The van der Waals surface area contributed by atoms with Gasteiger partial charge in [-0.15, -0.1) is 0 Å². The molecule has 2 heterocycles. The second-order valence-electron chi connectivity index (χ2n) is 13.8. The molecular formula is C50H67N9O3. The van der Waals surface area contributed by atoms with Crippen molar-refractivity contribution in [1.82, 2.24) is 19.7 Å². The van der Waals surface area contributed by atoms with Gasteiger partial charge in [-0.05, 0) is 142 Å². The lowest BCUT2D eigenvalue weighted by atomic mass is 10.1. The molecule has 0 aliphatic heterocycles. The molecule has 0 aliphatic rings. The summed E-state index contributed by atoms with van der Waals surface area (Å²) in [6.45, 7) is 5.78. The molecule has 10 N–H and O–H groups in total. The zero-order chi connectivity index (χ0) is 44.3. The van der Waals surface area contributed by atoms with Crippen molar-refractivity contribution in [2.24, 2.45) is 28.7 Å². The second-order valence-corrected chi connectivity index (χ2v) is 13.8. The van der Waals surface area contributed by atoms with Crippen LogP contribution in [0.1, 0.15) is 36.8 Å². The van der Waals surface area contributed by atoms with Crippen molar-refractivity contribution in [1.29, 1.82) is 0 Å². The summed E-state index contributed by atoms with van der Waals surface area (Å²) >= 11 is 0. The van der Waals surface area contributed by atoms with Crippen molar-refractivity contribution >= 4 is 10.8 Å². The SMILES string of the molecule is COc1cccc(CCN)c1.NCCCCn1cnc(-c2cccnc2)n1.NCCCOc1ccc2ccccc2c1.NCCCOc1ccccc1.NCCc1ccccc1. The third-order valence-electron chi connectivity index (χ3n) is 8.84. The number of aryl methyl sites for hydroxylation is 1. The molecule has 0 aliphatic carbocycles. The molecular weight excluding hydrogens is 775 g/mol. The van der Waals surface area contributed by atoms with E-state index in [9.17, 15) is 0 Å². The smallest absolute Gasteiger partial charge is 0.182 e. The van der Waals surface area contributed by atoms with E-state index in [0.717, 1.165) is 86.8 Å². The number of rotatable bonds is 18. The molecule has 12 nitrogen and oxygen atoms in total. The summed E-state index contributed by atoms with van der Waals surface area (Å²) in [4.78, 5) is 8.29. The van der Waals surface area contributed by atoms with E-state index < -0.39 is 0 Å². The number of hydrogen-bond acceptors (Lipinski definition) is 11. The lowest BCUT2D eigenvalue weighted by Gasteiger charge is -2.06. The Kier molecular flexibility index (Phi) is 26.4. The van der Waals surface area contributed by atoms with Crippen molar-refractivity contribution < 1.29 is 14.2 Å². The highest BCUT2D eigenvalue weighted by molar-refractivity contribution is 5.83. The second kappa shape index (κ2) is 32.6. The van der Waals surface area contributed by atoms with Gasteiger partial charge in [0.05, 0.1) is 20.3 Å². The third kappa shape index (κ3) is 21.4. The normalized spacial score (nSPS) is 10.0. The summed E-state index contributed by atoms with van der Waals surface area (Å²) in [6.07, 6.45) is 11.0. The van der Waals surface area contributed by atoms with Crippen LogP contribution >= 0.6 is 0 Å². The average molecular weight is 842 g/mol. The van der Waals surface area contributed by atoms with Crippen LogP contribution in [0.2, 0.25) is 0 Å². The molecule has 12 heteroatoms. The Balaban J connectivity index is 0.000000210. The van der Waals surface area contributed by atoms with Crippen molar-refractivity contribution in [3.05, 3.63) is 169 Å². The number of para-hydroxylation sites is 1. The predicted octanol–water partition coefficient (Wildman–Crippen LogP) is 7.44. The Hall–Kier alpha value is -6.15. The monoisotopic (exact) mass is 842 g/mol. The van der Waals surface area contributed by atoms with Crippen LogP contribution in [0.3, 0.4) is 0 Å². The average Bonchev–Trinajstić information content (AvgIpc) is 3.81. The van der Waals surface area contributed by atoms with Crippen LogP contribution in [0.25, 0.3) is 22.2 Å². The van der Waals surface area contributed by atoms with E-state index in [4.69, 9.17) is 42.9 Å². The first kappa shape index (κ1) is 50.2. The Morgan fingerprint density at radius 3 is 1.77 bits per heavy atom. The van der Waals surface area contributed by atoms with Gasteiger partial charge in [0.15, 0.2) is 5.82 Å². The summed E-state index contributed by atoms with van der Waals surface area (Å²) in [5.41, 5.74) is 30.4. The number of unbranched alkanes of at least 4 members (excludes halogenated alkanes) is 1. The fourth-order valence-electron chi connectivity index (χ4n) is 5.57. The van der Waals surface area contributed by atoms with Crippen LogP contribution in [0.5, 0.6) is 17.2 Å². The molecule has 5 aromatic carbocycles. The minimum atomic E-state index is 0.674. The summed E-state index contributed by atoms with van der Waals surface area (Å²) in [6, 6.07) is 46.2. The molecule has 0 unspecified atom stereocenters. The molecule has 0 amide bonds. The number of aromatic nitrogens is 4. The van der Waals surface area contributed by atoms with Crippen molar-refractivity contribution in [2.75, 3.05) is 53.0 Å². The number of ether oxygens (including phenoxy) is 3. The van der Waals surface area contributed by atoms with E-state index >= 15 is 0 Å². The highest BCUT2D eigenvalue weighted by atomic mass is 16.5. The van der Waals surface area contributed by atoms with Gasteiger partial charge >= 0.3 is 0 Å². The van der Waals surface area contributed by atoms with E-state index in [1.165, 1.54) is 21.9 Å². The lowest BCUT2D eigenvalue weighted by molar-refractivity contribution is 0.313. The Morgan fingerprint density at radius 1 is 0.516 bits per heavy atom. The Morgan fingerprint density at radius 2 is 1.13 bits per heavy atom. The summed E-state index contributed by atoms with van der Waals surface area (Å²) in [7, 11) is 1.67. The summed E-state index contributed by atoms with van der Waals surface area (Å²) < 4.78 is 17.8. The predicted molar refractivity (Wildman–Crippen MR) is 255 cm³/mol. The van der Waals surface area contributed by atoms with Gasteiger partial charge in [-0.3, -0.25) is 9.67 Å². The third-order valence-corrected chi connectivity index (χ3v) is 8.84. The van der Waals surface area contributed by atoms with E-state index in [0.29, 0.717) is 32.8 Å². The molecule has 0 bridgehead atoms. The molecule has 2 aromatic heterocycles. The topological polar surface area (TPSA) is 201 Å². The van der Waals surface area contributed by atoms with Crippen molar-refractivity contribution in [3.8, 4) is 28.6 Å². The number of pyridine rings is 1. The van der Waals surface area contributed by atoms with Gasteiger partial charge in [-0.1, -0.05) is 91.0 Å². The quantitative estimate of drug-likeness (QED) is 0.0538. The van der Waals surface area contributed by atoms with E-state index in [2.05, 4.69) is 57.5 Å². The molecule has 0 saturated heterocycles. The van der Waals surface area contributed by atoms with E-state index in [1.807, 2.05) is 102 Å². The summed E-state index contributed by atoms with van der Waals surface area (Å²) in [5.74, 6) is 3.46. The minimum Gasteiger partial charge on any atom is -0.497 e. The lowest BCUT2D eigenvalue weighted by Crippen LogP contribution is -2.05. The molecule has 0 fully saturated rings. The molecule has 0 saturated carbocycles. The first-order valence-electron chi connectivity index (χ1n) is 21.3. The van der Waals surface area contributed by atoms with E-state index in [-0.39, 0.29) is 0 Å². The summed E-state index contributed by atoms with van der Waals surface area (Å²) in [5, 5.41) is 6.83. The van der Waals surface area contributed by atoms with Gasteiger partial charge < -0.3 is 42.9 Å². The zero-order valence-electron chi connectivity index (χ0n) is 36.3. The van der Waals surface area contributed by atoms with Crippen LogP contribution in [-0.4, -0.2) is 72.8 Å². The maximum atomic E-state index is 5.57. The molecule has 0 radical (unpaired) electrons. The number of nitrogens with zero attached hydrogens (tertiary/aromatic N) is 4. The molecule has 0 atom stereocenters. The van der Waals surface area contributed by atoms with Crippen molar-refractivity contribution in [3.63, 3.8) is 0 Å². The van der Waals surface area contributed by atoms with Crippen LogP contribution < -0.4 is 42.9 Å². The Bertz CT molecular complexity index is 2120. The number of fused-ring (bicyclic) bond motifs is 1. The van der Waals surface area contributed by atoms with Crippen LogP contribution in [-0.2, 0) is 19.4 Å². The molecule has 330 valence electrons. The van der Waals surface area contributed by atoms with E-state index in [1.54, 1.807) is 25.8 Å². The maximum absolute atomic E-state index is 5.57. The zero-order valence-corrected chi connectivity index (χ0v) is 36.3. The highest BCUT2D eigenvalue weighted by Crippen LogP contribution is 2.20. The number of nitrogens with two attached hydrogens (primary N) is 5. The molecule has 7 rings (SSSR count). The Labute approximate surface area is 368 Å². The fraction of sp³-hybridized carbons (Fsp3) is 0.300. The van der Waals surface area contributed by atoms with Crippen molar-refractivity contribution in [2.45, 2.75) is 45.1 Å². The maximum Gasteiger partial charge on any atom is 0.182 e.